The number of carbonyl (C=O) groups excluding carboxylic acids is 2. The van der Waals surface area contributed by atoms with E-state index in [0.29, 0.717) is 27.7 Å². The number of hydrogen-bond donors (Lipinski definition) is 3. The number of hydrogen-bond acceptors (Lipinski definition) is 6. The minimum absolute atomic E-state index is 0.237. The molecule has 0 unspecified atom stereocenters. The molecule has 0 bridgehead atoms. The molecule has 3 aromatic rings. The van der Waals surface area contributed by atoms with Crippen LogP contribution >= 0.6 is 34.8 Å². The third-order valence-corrected chi connectivity index (χ3v) is 8.05. The standard InChI is InChI=1S/C30H32IN5O4S/c1-6-39-29(38)27-19(4)33-30(41)34-28(27)23-9-7-8-10-25(23)40-16-26(37)35-32-15-21-14-18(3)36(20(21)5)22-11-12-24(31)17(2)13-22/h7-15,28H,6,16H2,1-5H3,(H,35,37)(H2,33,34,41)/t28-/m0/s1. The minimum atomic E-state index is -0.604. The van der Waals surface area contributed by atoms with Gasteiger partial charge in [-0.15, -0.1) is 0 Å². The zero-order valence-electron chi connectivity index (χ0n) is 23.5. The lowest BCUT2D eigenvalue weighted by Gasteiger charge is -2.30. The highest BCUT2D eigenvalue weighted by Crippen LogP contribution is 2.33. The van der Waals surface area contributed by atoms with Crippen molar-refractivity contribution in [3.05, 3.63) is 91.4 Å². The second-order valence-corrected chi connectivity index (χ2v) is 11.1. The van der Waals surface area contributed by atoms with Crippen LogP contribution < -0.4 is 20.8 Å². The molecule has 214 valence electrons. The van der Waals surface area contributed by atoms with Crippen LogP contribution in [0.4, 0.5) is 0 Å². The number of halogens is 1. The number of rotatable bonds is 9. The van der Waals surface area contributed by atoms with E-state index >= 15 is 0 Å². The highest BCUT2D eigenvalue weighted by molar-refractivity contribution is 14.1. The molecule has 1 aliphatic heterocycles. The third kappa shape index (κ3) is 6.96. The van der Waals surface area contributed by atoms with Crippen LogP contribution in [0.2, 0.25) is 0 Å². The van der Waals surface area contributed by atoms with Gasteiger partial charge in [0.05, 0.1) is 24.4 Å². The van der Waals surface area contributed by atoms with Crippen LogP contribution in [0.1, 0.15) is 48.0 Å². The number of ether oxygens (including phenoxy) is 2. The van der Waals surface area contributed by atoms with Crippen LogP contribution in [-0.2, 0) is 14.3 Å². The fourth-order valence-electron chi connectivity index (χ4n) is 4.69. The van der Waals surface area contributed by atoms with Crippen LogP contribution in [0.15, 0.2) is 64.9 Å². The quantitative estimate of drug-likeness (QED) is 0.0969. The Morgan fingerprint density at radius 2 is 1.90 bits per heavy atom. The van der Waals surface area contributed by atoms with Gasteiger partial charge in [-0.3, -0.25) is 4.79 Å². The second kappa shape index (κ2) is 13.3. The summed E-state index contributed by atoms with van der Waals surface area (Å²) in [6.45, 7) is 9.62. The van der Waals surface area contributed by atoms with Gasteiger partial charge in [0.15, 0.2) is 11.7 Å². The summed E-state index contributed by atoms with van der Waals surface area (Å²) < 4.78 is 14.5. The molecule has 9 nitrogen and oxygen atoms in total. The van der Waals surface area contributed by atoms with Gasteiger partial charge in [0.2, 0.25) is 0 Å². The summed E-state index contributed by atoms with van der Waals surface area (Å²) in [4.78, 5) is 25.4. The fraction of sp³-hybridized carbons (Fsp3) is 0.267. The smallest absolute Gasteiger partial charge is 0.338 e. The molecule has 1 aliphatic rings. The third-order valence-electron chi connectivity index (χ3n) is 6.62. The topological polar surface area (TPSA) is 106 Å². The predicted octanol–water partition coefficient (Wildman–Crippen LogP) is 4.89. The number of amides is 1. The molecular weight excluding hydrogens is 653 g/mol. The van der Waals surface area contributed by atoms with E-state index in [1.54, 1.807) is 32.2 Å². The van der Waals surface area contributed by atoms with E-state index in [9.17, 15) is 9.59 Å². The zero-order chi connectivity index (χ0) is 29.7. The lowest BCUT2D eigenvalue weighted by atomic mass is 9.95. The van der Waals surface area contributed by atoms with E-state index in [4.69, 9.17) is 21.7 Å². The highest BCUT2D eigenvalue weighted by atomic mass is 127. The Morgan fingerprint density at radius 3 is 2.63 bits per heavy atom. The van der Waals surface area contributed by atoms with Crippen molar-refractivity contribution in [2.75, 3.05) is 13.2 Å². The first-order chi connectivity index (χ1) is 19.6. The molecule has 0 spiro atoms. The van der Waals surface area contributed by atoms with Crippen molar-refractivity contribution in [2.45, 2.75) is 40.7 Å². The van der Waals surface area contributed by atoms with Gasteiger partial charge in [-0.05, 0) is 105 Å². The monoisotopic (exact) mass is 685 g/mol. The van der Waals surface area contributed by atoms with Crippen LogP contribution in [-0.4, -0.2) is 41.0 Å². The molecule has 0 saturated heterocycles. The number of allylic oxidation sites excluding steroid dienone is 1. The number of thiocarbonyl (C=S) groups is 1. The Hall–Kier alpha value is -3.71. The van der Waals surface area contributed by atoms with Gasteiger partial charge in [-0.1, -0.05) is 18.2 Å². The van der Waals surface area contributed by atoms with Crippen LogP contribution in [0.25, 0.3) is 5.69 Å². The van der Waals surface area contributed by atoms with E-state index in [1.807, 2.05) is 32.0 Å². The van der Waals surface area contributed by atoms with Crippen molar-refractivity contribution >= 4 is 58.0 Å². The molecule has 0 saturated carbocycles. The van der Waals surface area contributed by atoms with Crippen LogP contribution in [0.5, 0.6) is 5.75 Å². The summed E-state index contributed by atoms with van der Waals surface area (Å²) in [5.41, 5.74) is 9.43. The Balaban J connectivity index is 1.45. The van der Waals surface area contributed by atoms with Crippen molar-refractivity contribution < 1.29 is 19.1 Å². The average molecular weight is 686 g/mol. The molecule has 0 aliphatic carbocycles. The molecule has 1 aromatic heterocycles. The van der Waals surface area contributed by atoms with E-state index in [0.717, 1.165) is 22.6 Å². The Morgan fingerprint density at radius 1 is 1.15 bits per heavy atom. The summed E-state index contributed by atoms with van der Waals surface area (Å²) in [5, 5.41) is 10.6. The number of hydrazone groups is 1. The summed E-state index contributed by atoms with van der Waals surface area (Å²) in [5.74, 6) is -0.458. The second-order valence-electron chi connectivity index (χ2n) is 9.51. The first-order valence-corrected chi connectivity index (χ1v) is 14.5. The van der Waals surface area contributed by atoms with Gasteiger partial charge >= 0.3 is 5.97 Å². The minimum Gasteiger partial charge on any atom is -0.483 e. The van der Waals surface area contributed by atoms with Gasteiger partial charge < -0.3 is 24.7 Å². The summed E-state index contributed by atoms with van der Waals surface area (Å²) in [6.07, 6.45) is 1.63. The van der Waals surface area contributed by atoms with Crippen molar-refractivity contribution in [1.82, 2.24) is 20.6 Å². The van der Waals surface area contributed by atoms with Crippen molar-refractivity contribution in [3.8, 4) is 11.4 Å². The van der Waals surface area contributed by atoms with E-state index in [1.165, 1.54) is 9.13 Å². The molecule has 0 radical (unpaired) electrons. The maximum Gasteiger partial charge on any atom is 0.338 e. The molecule has 1 atom stereocenters. The van der Waals surface area contributed by atoms with E-state index in [2.05, 4.69) is 73.4 Å². The van der Waals surface area contributed by atoms with E-state index in [-0.39, 0.29) is 13.2 Å². The lowest BCUT2D eigenvalue weighted by Crippen LogP contribution is -2.45. The number of para-hydroxylation sites is 1. The molecular formula is C30H32IN5O4S. The predicted molar refractivity (Wildman–Crippen MR) is 171 cm³/mol. The van der Waals surface area contributed by atoms with E-state index < -0.39 is 17.9 Å². The van der Waals surface area contributed by atoms with Gasteiger partial charge in [-0.25, -0.2) is 10.2 Å². The number of benzene rings is 2. The molecule has 2 aromatic carbocycles. The number of nitrogens with zero attached hydrogens (tertiary/aromatic N) is 2. The number of nitrogens with one attached hydrogen (secondary N) is 3. The van der Waals surface area contributed by atoms with Crippen LogP contribution in [0, 0.1) is 24.3 Å². The van der Waals surface area contributed by atoms with Crippen molar-refractivity contribution in [1.29, 1.82) is 0 Å². The van der Waals surface area contributed by atoms with Crippen molar-refractivity contribution in [3.63, 3.8) is 0 Å². The number of carbonyl (C=O) groups is 2. The first kappa shape index (κ1) is 30.3. The maximum atomic E-state index is 12.7. The fourth-order valence-corrected chi connectivity index (χ4v) is 5.30. The molecule has 41 heavy (non-hydrogen) atoms. The molecule has 11 heteroatoms. The molecule has 1 amide bonds. The summed E-state index contributed by atoms with van der Waals surface area (Å²) in [6, 6.07) is 14.9. The summed E-state index contributed by atoms with van der Waals surface area (Å²) >= 11 is 7.65. The Bertz CT molecular complexity index is 1560. The lowest BCUT2D eigenvalue weighted by molar-refractivity contribution is -0.139. The Kier molecular flexibility index (Phi) is 9.81. The molecule has 0 fully saturated rings. The first-order valence-electron chi connectivity index (χ1n) is 13.0. The molecule has 2 heterocycles. The number of esters is 1. The Labute approximate surface area is 258 Å². The molecule has 4 rings (SSSR count). The van der Waals surface area contributed by atoms with Gasteiger partial charge in [0.25, 0.3) is 5.91 Å². The largest absolute Gasteiger partial charge is 0.483 e. The highest BCUT2D eigenvalue weighted by Gasteiger charge is 2.32. The van der Waals surface area contributed by atoms with Crippen LogP contribution in [0.3, 0.4) is 0 Å². The van der Waals surface area contributed by atoms with Crippen molar-refractivity contribution in [2.24, 2.45) is 5.10 Å². The summed E-state index contributed by atoms with van der Waals surface area (Å²) in [7, 11) is 0. The average Bonchev–Trinajstić information content (AvgIpc) is 3.21. The van der Waals surface area contributed by atoms with Gasteiger partial charge in [0, 0.05) is 37.5 Å². The maximum absolute atomic E-state index is 12.7. The number of aryl methyl sites for hydroxylation is 2. The zero-order valence-corrected chi connectivity index (χ0v) is 26.5. The van der Waals surface area contributed by atoms with Gasteiger partial charge in [-0.2, -0.15) is 5.10 Å². The van der Waals surface area contributed by atoms with Gasteiger partial charge in [0.1, 0.15) is 5.75 Å². The molecule has 3 N–H and O–H groups in total. The normalized spacial score (nSPS) is 15.0. The number of aromatic nitrogens is 1. The SMILES string of the molecule is CCOC(=O)C1=C(C)NC(=S)N[C@H]1c1ccccc1OCC(=O)NN=Cc1cc(C)n(-c2ccc(I)c(C)c2)c1C.